The van der Waals surface area contributed by atoms with Crippen molar-refractivity contribution in [3.63, 3.8) is 0 Å². The molecule has 0 aromatic heterocycles. The van der Waals surface area contributed by atoms with Gasteiger partial charge in [0.1, 0.15) is 0 Å². The zero-order valence-electron chi connectivity index (χ0n) is 10.9. The van der Waals surface area contributed by atoms with E-state index in [0.717, 1.165) is 13.1 Å². The molecule has 0 aliphatic carbocycles. The second-order valence-corrected chi connectivity index (χ2v) is 5.87. The van der Waals surface area contributed by atoms with Gasteiger partial charge >= 0.3 is 0 Å². The predicted octanol–water partition coefficient (Wildman–Crippen LogP) is 2.67. The maximum Gasteiger partial charge on any atom is 0.0349 e. The average molecular weight is 250 g/mol. The van der Waals surface area contributed by atoms with Crippen molar-refractivity contribution in [1.82, 2.24) is 4.90 Å². The van der Waals surface area contributed by atoms with Gasteiger partial charge in [-0.25, -0.2) is 0 Å². The van der Waals surface area contributed by atoms with Crippen LogP contribution in [0.5, 0.6) is 0 Å². The minimum atomic E-state index is 0.551. The highest BCUT2D eigenvalue weighted by molar-refractivity contribution is 7.98. The van der Waals surface area contributed by atoms with Gasteiger partial charge in [-0.3, -0.25) is 4.90 Å². The second-order valence-electron chi connectivity index (χ2n) is 5.02. The lowest BCUT2D eigenvalue weighted by molar-refractivity contribution is 0.313. The highest BCUT2D eigenvalue weighted by Gasteiger charge is 2.29. The lowest BCUT2D eigenvalue weighted by Gasteiger charge is -2.20. The summed E-state index contributed by atoms with van der Waals surface area (Å²) >= 11 is 1.83. The van der Waals surface area contributed by atoms with E-state index in [1.165, 1.54) is 22.4 Å². The molecule has 2 rings (SSSR count). The first-order valence-electron chi connectivity index (χ1n) is 6.20. The third kappa shape index (κ3) is 2.67. The fraction of sp³-hybridized carbons (Fsp3) is 0.571. The third-order valence-corrected chi connectivity index (χ3v) is 4.66. The molecule has 0 bridgehead atoms. The van der Waals surface area contributed by atoms with E-state index in [4.69, 9.17) is 5.73 Å². The minimum absolute atomic E-state index is 0.551. The van der Waals surface area contributed by atoms with Crippen LogP contribution in [0.15, 0.2) is 23.1 Å². The number of nitrogens with two attached hydrogens (primary N) is 1. The summed E-state index contributed by atoms with van der Waals surface area (Å²) in [7, 11) is 2.21. The van der Waals surface area contributed by atoms with Crippen molar-refractivity contribution < 1.29 is 0 Å². The van der Waals surface area contributed by atoms with Crippen molar-refractivity contribution in [3.8, 4) is 0 Å². The van der Waals surface area contributed by atoms with Gasteiger partial charge in [-0.2, -0.15) is 0 Å². The van der Waals surface area contributed by atoms with Gasteiger partial charge in [0, 0.05) is 17.5 Å². The van der Waals surface area contributed by atoms with Crippen LogP contribution in [0.25, 0.3) is 0 Å². The van der Waals surface area contributed by atoms with E-state index in [2.05, 4.69) is 43.3 Å². The summed E-state index contributed by atoms with van der Waals surface area (Å²) in [5.74, 6) is 0.657. The smallest absolute Gasteiger partial charge is 0.0349 e. The van der Waals surface area contributed by atoms with Crippen molar-refractivity contribution in [2.24, 2.45) is 11.7 Å². The molecule has 17 heavy (non-hydrogen) atoms. The Balaban J connectivity index is 2.22. The third-order valence-electron chi connectivity index (χ3n) is 3.79. The molecule has 1 aromatic rings. The van der Waals surface area contributed by atoms with Crippen LogP contribution in [0, 0.1) is 12.8 Å². The summed E-state index contributed by atoms with van der Waals surface area (Å²) in [6.07, 6.45) is 3.34. The van der Waals surface area contributed by atoms with Crippen molar-refractivity contribution in [3.05, 3.63) is 29.3 Å². The standard InChI is InChI=1S/C14H22N2S/c1-10-4-5-12(7-14(10)17-3)13-6-11(8-15)9-16(13)2/h4-5,7,11,13H,6,8-9,15H2,1-3H3. The number of likely N-dealkylation sites (tertiary alicyclic amines) is 1. The molecular formula is C14H22N2S. The highest BCUT2D eigenvalue weighted by atomic mass is 32.2. The van der Waals surface area contributed by atoms with Crippen LogP contribution < -0.4 is 5.73 Å². The van der Waals surface area contributed by atoms with Crippen molar-refractivity contribution in [1.29, 1.82) is 0 Å². The van der Waals surface area contributed by atoms with Gasteiger partial charge in [0.05, 0.1) is 0 Å². The Labute approximate surface area is 109 Å². The fourth-order valence-electron chi connectivity index (χ4n) is 2.71. The molecule has 1 aromatic carbocycles. The van der Waals surface area contributed by atoms with Gasteiger partial charge in [0.15, 0.2) is 0 Å². The summed E-state index contributed by atoms with van der Waals surface area (Å²) in [4.78, 5) is 3.83. The summed E-state index contributed by atoms with van der Waals surface area (Å²) in [6.45, 7) is 4.11. The van der Waals surface area contributed by atoms with E-state index in [9.17, 15) is 0 Å². The number of thioether (sulfide) groups is 1. The monoisotopic (exact) mass is 250 g/mol. The average Bonchev–Trinajstić information content (AvgIpc) is 2.71. The van der Waals surface area contributed by atoms with Crippen LogP contribution in [0.4, 0.5) is 0 Å². The van der Waals surface area contributed by atoms with E-state index >= 15 is 0 Å². The van der Waals surface area contributed by atoms with Crippen LogP contribution in [0.2, 0.25) is 0 Å². The molecule has 1 aliphatic rings. The molecule has 0 radical (unpaired) electrons. The maximum atomic E-state index is 5.79. The molecule has 2 nitrogen and oxygen atoms in total. The molecule has 1 aliphatic heterocycles. The van der Waals surface area contributed by atoms with Crippen molar-refractivity contribution in [2.45, 2.75) is 24.3 Å². The maximum absolute atomic E-state index is 5.79. The molecule has 1 heterocycles. The molecule has 1 saturated heterocycles. The molecular weight excluding hydrogens is 228 g/mol. The number of rotatable bonds is 3. The van der Waals surface area contributed by atoms with Crippen LogP contribution >= 0.6 is 11.8 Å². The Morgan fingerprint density at radius 3 is 2.82 bits per heavy atom. The summed E-state index contributed by atoms with van der Waals surface area (Å²) < 4.78 is 0. The molecule has 1 fully saturated rings. The van der Waals surface area contributed by atoms with E-state index in [0.29, 0.717) is 12.0 Å². The lowest BCUT2D eigenvalue weighted by Crippen LogP contribution is -2.20. The quantitative estimate of drug-likeness (QED) is 0.836. The fourth-order valence-corrected chi connectivity index (χ4v) is 3.35. The Hall–Kier alpha value is -0.510. The first kappa shape index (κ1) is 12.9. The van der Waals surface area contributed by atoms with Crippen LogP contribution in [-0.4, -0.2) is 31.3 Å². The molecule has 2 atom stereocenters. The van der Waals surface area contributed by atoms with Gasteiger partial charge in [-0.1, -0.05) is 12.1 Å². The zero-order valence-corrected chi connectivity index (χ0v) is 11.8. The van der Waals surface area contributed by atoms with E-state index in [1.807, 2.05) is 11.8 Å². The predicted molar refractivity (Wildman–Crippen MR) is 75.5 cm³/mol. The first-order chi connectivity index (χ1) is 8.15. The van der Waals surface area contributed by atoms with Crippen molar-refractivity contribution in [2.75, 3.05) is 26.4 Å². The van der Waals surface area contributed by atoms with Gasteiger partial charge in [-0.05, 0) is 56.3 Å². The highest BCUT2D eigenvalue weighted by Crippen LogP contribution is 2.35. The summed E-state index contributed by atoms with van der Waals surface area (Å²) in [6, 6.07) is 7.41. The largest absolute Gasteiger partial charge is 0.330 e. The van der Waals surface area contributed by atoms with E-state index in [-0.39, 0.29) is 0 Å². The molecule has 3 heteroatoms. The minimum Gasteiger partial charge on any atom is -0.330 e. The first-order valence-corrected chi connectivity index (χ1v) is 7.43. The Morgan fingerprint density at radius 2 is 2.24 bits per heavy atom. The molecule has 0 spiro atoms. The number of aryl methyl sites for hydroxylation is 1. The zero-order chi connectivity index (χ0) is 12.4. The molecule has 2 N–H and O–H groups in total. The number of hydrogen-bond donors (Lipinski definition) is 1. The SMILES string of the molecule is CSc1cc(C2CC(CN)CN2C)ccc1C. The lowest BCUT2D eigenvalue weighted by atomic mass is 9.99. The Morgan fingerprint density at radius 1 is 1.47 bits per heavy atom. The van der Waals surface area contributed by atoms with E-state index < -0.39 is 0 Å². The number of benzene rings is 1. The molecule has 2 unspecified atom stereocenters. The Kier molecular flexibility index (Phi) is 4.13. The van der Waals surface area contributed by atoms with Gasteiger partial charge in [0.2, 0.25) is 0 Å². The molecule has 0 amide bonds. The number of nitrogens with zero attached hydrogens (tertiary/aromatic N) is 1. The summed E-state index contributed by atoms with van der Waals surface area (Å²) in [5.41, 5.74) is 8.60. The van der Waals surface area contributed by atoms with Crippen LogP contribution in [-0.2, 0) is 0 Å². The van der Waals surface area contributed by atoms with Crippen molar-refractivity contribution >= 4 is 11.8 Å². The van der Waals surface area contributed by atoms with Gasteiger partial charge in [0.25, 0.3) is 0 Å². The van der Waals surface area contributed by atoms with Crippen LogP contribution in [0.3, 0.4) is 0 Å². The molecule has 94 valence electrons. The topological polar surface area (TPSA) is 29.3 Å². The Bertz CT molecular complexity index is 392. The van der Waals surface area contributed by atoms with E-state index in [1.54, 1.807) is 0 Å². The summed E-state index contributed by atoms with van der Waals surface area (Å²) in [5, 5.41) is 0. The van der Waals surface area contributed by atoms with Gasteiger partial charge < -0.3 is 5.73 Å². The van der Waals surface area contributed by atoms with Gasteiger partial charge in [-0.15, -0.1) is 11.8 Å². The van der Waals surface area contributed by atoms with Crippen LogP contribution in [0.1, 0.15) is 23.6 Å². The second kappa shape index (κ2) is 5.42. The molecule has 0 saturated carbocycles. The normalized spacial score (nSPS) is 25.4. The number of hydrogen-bond acceptors (Lipinski definition) is 3.